The fourth-order valence-corrected chi connectivity index (χ4v) is 1.61. The van der Waals surface area contributed by atoms with Crippen molar-refractivity contribution >= 4 is 5.82 Å². The first kappa shape index (κ1) is 11.4. The van der Waals surface area contributed by atoms with Crippen LogP contribution in [0, 0.1) is 0 Å². The molecule has 0 fully saturated rings. The molecule has 1 aromatic heterocycles. The number of hydrogen-bond donors (Lipinski definition) is 1. The molecule has 0 unspecified atom stereocenters. The maximum absolute atomic E-state index is 12.8. The summed E-state index contributed by atoms with van der Waals surface area (Å²) in [6.07, 6.45) is -2.96. The molecule has 0 atom stereocenters. The number of aromatic nitrogens is 1. The predicted octanol–water partition coefficient (Wildman–Crippen LogP) is 3.35. The maximum Gasteiger partial charge on any atom is 0.417 e. The highest BCUT2D eigenvalue weighted by molar-refractivity contribution is 5.76. The number of alkyl halides is 3. The molecule has 88 valence electrons. The summed E-state index contributed by atoms with van der Waals surface area (Å²) in [7, 11) is 0. The van der Waals surface area contributed by atoms with Crippen LogP contribution < -0.4 is 5.73 Å². The second-order valence-corrected chi connectivity index (χ2v) is 3.48. The lowest BCUT2D eigenvalue weighted by Gasteiger charge is -2.13. The van der Waals surface area contributed by atoms with Crippen molar-refractivity contribution in [3.63, 3.8) is 0 Å². The third-order valence-corrected chi connectivity index (χ3v) is 2.36. The molecule has 5 heteroatoms. The minimum absolute atomic E-state index is 0.0469. The van der Waals surface area contributed by atoms with Gasteiger partial charge in [-0.05, 0) is 23.8 Å². The molecule has 0 bridgehead atoms. The largest absolute Gasteiger partial charge is 0.417 e. The van der Waals surface area contributed by atoms with Gasteiger partial charge in [0.25, 0.3) is 0 Å². The number of anilines is 1. The van der Waals surface area contributed by atoms with Crippen LogP contribution in [0.15, 0.2) is 42.6 Å². The van der Waals surface area contributed by atoms with Gasteiger partial charge in [0.2, 0.25) is 0 Å². The molecule has 0 aliphatic rings. The van der Waals surface area contributed by atoms with Gasteiger partial charge >= 0.3 is 6.18 Å². The zero-order chi connectivity index (χ0) is 12.5. The van der Waals surface area contributed by atoms with Crippen molar-refractivity contribution in [2.24, 2.45) is 0 Å². The first-order chi connectivity index (χ1) is 8.00. The Kier molecular flexibility index (Phi) is 2.75. The second kappa shape index (κ2) is 4.08. The molecule has 2 N–H and O–H groups in total. The summed E-state index contributed by atoms with van der Waals surface area (Å²) >= 11 is 0. The van der Waals surface area contributed by atoms with Gasteiger partial charge in [0, 0.05) is 11.8 Å². The predicted molar refractivity (Wildman–Crippen MR) is 59.1 cm³/mol. The normalized spacial score (nSPS) is 11.5. The number of nitrogens with two attached hydrogens (primary N) is 1. The summed E-state index contributed by atoms with van der Waals surface area (Å²) in [6.45, 7) is 0. The van der Waals surface area contributed by atoms with Crippen molar-refractivity contribution in [2.75, 3.05) is 5.73 Å². The van der Waals surface area contributed by atoms with Crippen molar-refractivity contribution in [1.82, 2.24) is 4.98 Å². The van der Waals surface area contributed by atoms with Gasteiger partial charge in [0.05, 0.1) is 5.56 Å². The first-order valence-corrected chi connectivity index (χ1v) is 4.87. The molecule has 0 radical (unpaired) electrons. The van der Waals surface area contributed by atoms with E-state index in [9.17, 15) is 13.2 Å². The fourth-order valence-electron chi connectivity index (χ4n) is 1.61. The summed E-state index contributed by atoms with van der Waals surface area (Å²) in [5, 5.41) is 0. The fraction of sp³-hybridized carbons (Fsp3) is 0.0833. The average Bonchev–Trinajstić information content (AvgIpc) is 2.28. The van der Waals surface area contributed by atoms with Gasteiger partial charge in [-0.25, -0.2) is 4.98 Å². The molecule has 1 aromatic carbocycles. The van der Waals surface area contributed by atoms with Gasteiger partial charge in [0.15, 0.2) is 0 Å². The zero-order valence-electron chi connectivity index (χ0n) is 8.70. The van der Waals surface area contributed by atoms with Crippen LogP contribution in [0.5, 0.6) is 0 Å². The lowest BCUT2D eigenvalue weighted by molar-refractivity contribution is -0.137. The summed E-state index contributed by atoms with van der Waals surface area (Å²) < 4.78 is 38.4. The third-order valence-electron chi connectivity index (χ3n) is 2.36. The summed E-state index contributed by atoms with van der Waals surface area (Å²) in [5.41, 5.74) is 5.22. The quantitative estimate of drug-likeness (QED) is 0.827. The summed E-state index contributed by atoms with van der Waals surface area (Å²) in [6, 6.07) is 8.37. The standard InChI is InChI=1S/C12H9F3N2/c13-12(14,15)10-6-2-1-4-8(10)9-5-3-7-17-11(9)16/h1-7H,(H2,16,17). The zero-order valence-corrected chi connectivity index (χ0v) is 8.70. The molecular formula is C12H9F3N2. The number of halogens is 3. The van der Waals surface area contributed by atoms with Gasteiger partial charge < -0.3 is 5.73 Å². The Morgan fingerprint density at radius 3 is 2.24 bits per heavy atom. The van der Waals surface area contributed by atoms with Crippen LogP contribution in [0.1, 0.15) is 5.56 Å². The lowest BCUT2D eigenvalue weighted by atomic mass is 10.00. The molecule has 0 aliphatic heterocycles. The van der Waals surface area contributed by atoms with E-state index in [1.807, 2.05) is 0 Å². The molecule has 2 aromatic rings. The summed E-state index contributed by atoms with van der Waals surface area (Å²) in [5.74, 6) is 0.0872. The molecule has 17 heavy (non-hydrogen) atoms. The van der Waals surface area contributed by atoms with Crippen LogP contribution >= 0.6 is 0 Å². The molecule has 0 amide bonds. The monoisotopic (exact) mass is 238 g/mol. The smallest absolute Gasteiger partial charge is 0.383 e. The molecule has 0 spiro atoms. The second-order valence-electron chi connectivity index (χ2n) is 3.48. The molecule has 0 saturated heterocycles. The Labute approximate surface area is 95.9 Å². The number of nitrogens with zero attached hydrogens (tertiary/aromatic N) is 1. The topological polar surface area (TPSA) is 38.9 Å². The number of hydrogen-bond acceptors (Lipinski definition) is 2. The lowest BCUT2D eigenvalue weighted by Crippen LogP contribution is -2.07. The molecule has 0 saturated carbocycles. The Hall–Kier alpha value is -2.04. The molecule has 2 rings (SSSR count). The average molecular weight is 238 g/mol. The maximum atomic E-state index is 12.8. The van der Waals surface area contributed by atoms with Crippen LogP contribution in [-0.2, 0) is 6.18 Å². The van der Waals surface area contributed by atoms with Gasteiger partial charge in [-0.1, -0.05) is 18.2 Å². The Bertz CT molecular complexity index is 535. The summed E-state index contributed by atoms with van der Waals surface area (Å²) in [4.78, 5) is 3.79. The van der Waals surface area contributed by atoms with Crippen molar-refractivity contribution in [3.05, 3.63) is 48.2 Å². The Morgan fingerprint density at radius 1 is 0.941 bits per heavy atom. The van der Waals surface area contributed by atoms with E-state index < -0.39 is 11.7 Å². The van der Waals surface area contributed by atoms with E-state index in [0.29, 0.717) is 5.56 Å². The number of pyridine rings is 1. The molecule has 0 aliphatic carbocycles. The van der Waals surface area contributed by atoms with Gasteiger partial charge in [-0.15, -0.1) is 0 Å². The SMILES string of the molecule is Nc1ncccc1-c1ccccc1C(F)(F)F. The Balaban J connectivity index is 2.65. The van der Waals surface area contributed by atoms with Crippen molar-refractivity contribution in [2.45, 2.75) is 6.18 Å². The van der Waals surface area contributed by atoms with E-state index in [2.05, 4.69) is 4.98 Å². The van der Waals surface area contributed by atoms with E-state index in [1.165, 1.54) is 30.5 Å². The molecule has 1 heterocycles. The Morgan fingerprint density at radius 2 is 1.59 bits per heavy atom. The van der Waals surface area contributed by atoms with E-state index in [1.54, 1.807) is 6.07 Å². The van der Waals surface area contributed by atoms with Crippen LogP contribution in [-0.4, -0.2) is 4.98 Å². The minimum atomic E-state index is -4.40. The highest BCUT2D eigenvalue weighted by Gasteiger charge is 2.33. The van der Waals surface area contributed by atoms with Gasteiger partial charge in [0.1, 0.15) is 5.82 Å². The number of benzene rings is 1. The van der Waals surface area contributed by atoms with Crippen molar-refractivity contribution < 1.29 is 13.2 Å². The van der Waals surface area contributed by atoms with E-state index in [0.717, 1.165) is 6.07 Å². The number of nitrogen functional groups attached to an aromatic ring is 1. The highest BCUT2D eigenvalue weighted by Crippen LogP contribution is 2.38. The van der Waals surface area contributed by atoms with Crippen LogP contribution in [0.4, 0.5) is 19.0 Å². The van der Waals surface area contributed by atoms with Gasteiger partial charge in [-0.3, -0.25) is 0 Å². The molecule has 2 nitrogen and oxygen atoms in total. The first-order valence-electron chi connectivity index (χ1n) is 4.87. The molecular weight excluding hydrogens is 229 g/mol. The van der Waals surface area contributed by atoms with Crippen LogP contribution in [0.25, 0.3) is 11.1 Å². The highest BCUT2D eigenvalue weighted by atomic mass is 19.4. The van der Waals surface area contributed by atoms with Gasteiger partial charge in [-0.2, -0.15) is 13.2 Å². The van der Waals surface area contributed by atoms with Crippen molar-refractivity contribution in [1.29, 1.82) is 0 Å². The van der Waals surface area contributed by atoms with Crippen molar-refractivity contribution in [3.8, 4) is 11.1 Å². The number of rotatable bonds is 1. The third kappa shape index (κ3) is 2.22. The minimum Gasteiger partial charge on any atom is -0.383 e. The van der Waals surface area contributed by atoms with E-state index in [4.69, 9.17) is 5.73 Å². The van der Waals surface area contributed by atoms with E-state index in [-0.39, 0.29) is 11.4 Å². The van der Waals surface area contributed by atoms with Crippen LogP contribution in [0.3, 0.4) is 0 Å². The van der Waals surface area contributed by atoms with Crippen LogP contribution in [0.2, 0.25) is 0 Å². The van der Waals surface area contributed by atoms with E-state index >= 15 is 0 Å².